The number of carboxylic acids is 1. The molecule has 1 N–H and O–H groups in total. The van der Waals surface area contributed by atoms with Crippen molar-refractivity contribution in [2.75, 3.05) is 25.1 Å². The van der Waals surface area contributed by atoms with Crippen LogP contribution in [0.4, 0.5) is 10.1 Å². The van der Waals surface area contributed by atoms with Crippen LogP contribution in [-0.2, 0) is 11.2 Å². The van der Waals surface area contributed by atoms with Crippen LogP contribution in [0.1, 0.15) is 27.2 Å². The summed E-state index contributed by atoms with van der Waals surface area (Å²) in [5.74, 6) is -0.462. The molecule has 0 saturated heterocycles. The minimum Gasteiger partial charge on any atom is -0.490 e. The maximum Gasteiger partial charge on any atom is 0.307 e. The van der Waals surface area contributed by atoms with Gasteiger partial charge in [0.1, 0.15) is 30.0 Å². The molecule has 0 radical (unpaired) electrons. The summed E-state index contributed by atoms with van der Waals surface area (Å²) in [7, 11) is 1.92. The maximum atomic E-state index is 13.7. The van der Waals surface area contributed by atoms with Crippen LogP contribution in [0.25, 0.3) is 10.9 Å². The van der Waals surface area contributed by atoms with Crippen LogP contribution >= 0.6 is 0 Å². The van der Waals surface area contributed by atoms with Crippen molar-refractivity contribution in [3.8, 4) is 11.5 Å². The van der Waals surface area contributed by atoms with Crippen LogP contribution in [0.5, 0.6) is 11.5 Å². The van der Waals surface area contributed by atoms with Crippen molar-refractivity contribution in [2.45, 2.75) is 26.4 Å². The van der Waals surface area contributed by atoms with Gasteiger partial charge >= 0.3 is 5.97 Å². The van der Waals surface area contributed by atoms with E-state index in [9.17, 15) is 19.1 Å². The maximum absolute atomic E-state index is 13.7. The average molecular weight is 503 g/mol. The molecule has 2 heterocycles. The van der Waals surface area contributed by atoms with Crippen molar-refractivity contribution < 1.29 is 28.6 Å². The number of aromatic nitrogens is 1. The second kappa shape index (κ2) is 9.61. The Morgan fingerprint density at radius 2 is 1.89 bits per heavy atom. The van der Waals surface area contributed by atoms with E-state index in [4.69, 9.17) is 9.47 Å². The molecule has 0 aliphatic carbocycles. The molecule has 0 bridgehead atoms. The number of halogens is 1. The van der Waals surface area contributed by atoms with Gasteiger partial charge in [-0.2, -0.15) is 0 Å². The number of para-hydroxylation sites is 1. The van der Waals surface area contributed by atoms with Crippen molar-refractivity contribution >= 4 is 28.5 Å². The topological polar surface area (TPSA) is 81.0 Å². The Bertz CT molecular complexity index is 1530. The molecule has 1 aliphatic heterocycles. The third-order valence-electron chi connectivity index (χ3n) is 6.74. The van der Waals surface area contributed by atoms with Gasteiger partial charge in [0.25, 0.3) is 5.91 Å². The van der Waals surface area contributed by atoms with Crippen molar-refractivity contribution in [1.82, 2.24) is 4.57 Å². The van der Waals surface area contributed by atoms with Crippen molar-refractivity contribution in [2.24, 2.45) is 0 Å². The van der Waals surface area contributed by atoms with Gasteiger partial charge in [0.15, 0.2) is 0 Å². The van der Waals surface area contributed by atoms with Crippen LogP contribution < -0.4 is 14.4 Å². The van der Waals surface area contributed by atoms with Gasteiger partial charge in [-0.05, 0) is 61.4 Å². The first-order valence-corrected chi connectivity index (χ1v) is 12.0. The number of nitrogens with zero attached hydrogens (tertiary/aromatic N) is 2. The van der Waals surface area contributed by atoms with Crippen molar-refractivity contribution in [1.29, 1.82) is 0 Å². The van der Waals surface area contributed by atoms with Crippen LogP contribution in [0, 0.1) is 19.7 Å². The number of hydrogen-bond acceptors (Lipinski definition) is 5. The van der Waals surface area contributed by atoms with Gasteiger partial charge in [0, 0.05) is 29.8 Å². The predicted molar refractivity (Wildman–Crippen MR) is 139 cm³/mol. The minimum atomic E-state index is -0.946. The number of aliphatic carboxylic acids is 1. The smallest absolute Gasteiger partial charge is 0.307 e. The van der Waals surface area contributed by atoms with Gasteiger partial charge in [-0.3, -0.25) is 14.2 Å². The molecule has 0 amide bonds. The quantitative estimate of drug-likeness (QED) is 0.400. The van der Waals surface area contributed by atoms with Gasteiger partial charge in [0.05, 0.1) is 24.2 Å². The number of likely N-dealkylation sites (N-methyl/N-ethyl adjacent to an activating group) is 1. The lowest BCUT2D eigenvalue weighted by Crippen LogP contribution is -2.41. The van der Waals surface area contributed by atoms with Gasteiger partial charge in [-0.1, -0.05) is 18.2 Å². The molecule has 37 heavy (non-hydrogen) atoms. The molecular formula is C29H27FN2O5. The minimum absolute atomic E-state index is 0.159. The zero-order valence-electron chi connectivity index (χ0n) is 20.8. The lowest BCUT2D eigenvalue weighted by Gasteiger charge is -2.33. The summed E-state index contributed by atoms with van der Waals surface area (Å²) in [4.78, 5) is 27.1. The summed E-state index contributed by atoms with van der Waals surface area (Å²) in [6.45, 7) is 4.46. The molecule has 0 spiro atoms. The number of ether oxygens (including phenoxy) is 2. The molecule has 5 rings (SSSR count). The number of aryl methyl sites for hydroxylation is 1. The third kappa shape index (κ3) is 4.62. The molecule has 7 nitrogen and oxygen atoms in total. The Labute approximate surface area is 213 Å². The Hall–Kier alpha value is -4.33. The second-order valence-corrected chi connectivity index (χ2v) is 9.31. The summed E-state index contributed by atoms with van der Waals surface area (Å²) in [5.41, 5.74) is 3.98. The summed E-state index contributed by atoms with van der Waals surface area (Å²) in [6.07, 6.45) is -0.448. The fourth-order valence-electron chi connectivity index (χ4n) is 4.95. The zero-order chi connectivity index (χ0) is 26.3. The van der Waals surface area contributed by atoms with Gasteiger partial charge in [0.2, 0.25) is 0 Å². The lowest BCUT2D eigenvalue weighted by atomic mass is 10.1. The number of benzene rings is 3. The largest absolute Gasteiger partial charge is 0.490 e. The molecule has 0 saturated carbocycles. The normalized spacial score (nSPS) is 14.8. The van der Waals surface area contributed by atoms with Crippen molar-refractivity contribution in [3.05, 3.63) is 88.9 Å². The second-order valence-electron chi connectivity index (χ2n) is 9.31. The highest BCUT2D eigenvalue weighted by molar-refractivity contribution is 6.05. The molecule has 8 heteroatoms. The van der Waals surface area contributed by atoms with E-state index in [2.05, 4.69) is 0 Å². The first kappa shape index (κ1) is 24.4. The van der Waals surface area contributed by atoms with Gasteiger partial charge in [-0.15, -0.1) is 0 Å². The number of carbonyl (C=O) groups is 2. The molecule has 0 fully saturated rings. The summed E-state index contributed by atoms with van der Waals surface area (Å²) in [5, 5.41) is 10.1. The molecule has 0 unspecified atom stereocenters. The molecule has 1 aromatic heterocycles. The monoisotopic (exact) mass is 502 g/mol. The lowest BCUT2D eigenvalue weighted by molar-refractivity contribution is -0.136. The van der Waals surface area contributed by atoms with E-state index < -0.39 is 5.97 Å². The first-order valence-electron chi connectivity index (χ1n) is 12.0. The highest BCUT2D eigenvalue weighted by Crippen LogP contribution is 2.33. The Morgan fingerprint density at radius 1 is 1.11 bits per heavy atom. The molecule has 4 aromatic rings. The number of fused-ring (bicyclic) bond motifs is 2. The van der Waals surface area contributed by atoms with E-state index in [1.165, 1.54) is 12.1 Å². The van der Waals surface area contributed by atoms with Gasteiger partial charge in [-0.25, -0.2) is 4.39 Å². The zero-order valence-corrected chi connectivity index (χ0v) is 20.8. The number of hydrogen-bond donors (Lipinski definition) is 1. The van der Waals surface area contributed by atoms with Crippen LogP contribution in [0.15, 0.2) is 60.7 Å². The van der Waals surface area contributed by atoms with E-state index >= 15 is 0 Å². The molecule has 1 atom stereocenters. The average Bonchev–Trinajstić information content (AvgIpc) is 3.13. The first-order chi connectivity index (χ1) is 17.7. The highest BCUT2D eigenvalue weighted by atomic mass is 19.1. The third-order valence-corrected chi connectivity index (χ3v) is 6.74. The van der Waals surface area contributed by atoms with E-state index in [-0.39, 0.29) is 30.9 Å². The summed E-state index contributed by atoms with van der Waals surface area (Å²) in [6, 6.07) is 17.1. The van der Waals surface area contributed by atoms with E-state index in [1.54, 1.807) is 35.8 Å². The fraction of sp³-hybridized carbons (Fsp3) is 0.241. The van der Waals surface area contributed by atoms with Crippen LogP contribution in [0.3, 0.4) is 0 Å². The Kier molecular flexibility index (Phi) is 6.33. The number of carbonyl (C=O) groups excluding carboxylic acids is 1. The SMILES string of the molecule is Cc1cc(OC[C@@H]2CN(C)c3ccc(F)cc3O2)ccc1C(=O)n1c(C)c(CC(=O)O)c2ccccc21. The van der Waals surface area contributed by atoms with E-state index in [0.717, 1.165) is 16.6 Å². The summed E-state index contributed by atoms with van der Waals surface area (Å²) < 4.78 is 27.1. The van der Waals surface area contributed by atoms with Crippen LogP contribution in [-0.4, -0.2) is 47.9 Å². The Morgan fingerprint density at radius 3 is 2.65 bits per heavy atom. The number of rotatable bonds is 6. The molecule has 1 aliphatic rings. The van der Waals surface area contributed by atoms with Crippen LogP contribution in [0.2, 0.25) is 0 Å². The van der Waals surface area contributed by atoms with Gasteiger partial charge < -0.3 is 19.5 Å². The molecule has 3 aromatic carbocycles. The van der Waals surface area contributed by atoms with Crippen molar-refractivity contribution in [3.63, 3.8) is 0 Å². The predicted octanol–water partition coefficient (Wildman–Crippen LogP) is 4.99. The molecular weight excluding hydrogens is 475 g/mol. The number of carboxylic acid groups (broad SMARTS) is 1. The fourth-order valence-corrected chi connectivity index (χ4v) is 4.95. The Balaban J connectivity index is 1.35. The number of anilines is 1. The highest BCUT2D eigenvalue weighted by Gasteiger charge is 2.25. The standard InChI is InChI=1S/C29H27FN2O5/c1-17-12-20(36-16-21-15-31(3)26-11-8-19(30)13-27(26)37-21)9-10-22(17)29(35)32-18(2)24(14-28(33)34)23-6-4-5-7-25(23)32/h4-13,21H,14-16H2,1-3H3,(H,33,34)/t21-/m0/s1. The van der Waals surface area contributed by atoms with E-state index in [1.807, 2.05) is 43.1 Å². The van der Waals surface area contributed by atoms with E-state index in [0.29, 0.717) is 40.4 Å². The molecule has 190 valence electrons. The summed E-state index contributed by atoms with van der Waals surface area (Å²) >= 11 is 0.